The van der Waals surface area contributed by atoms with E-state index < -0.39 is 0 Å². The first kappa shape index (κ1) is 14.3. The van der Waals surface area contributed by atoms with Crippen molar-refractivity contribution >= 4 is 49.1 Å². The maximum absolute atomic E-state index is 12.7. The van der Waals surface area contributed by atoms with E-state index in [0.717, 1.165) is 5.56 Å². The highest BCUT2D eigenvalue weighted by Gasteiger charge is 2.34. The molecule has 1 aliphatic carbocycles. The molecule has 0 atom stereocenters. The summed E-state index contributed by atoms with van der Waals surface area (Å²) in [6.45, 7) is 1.84. The number of anilines is 1. The fourth-order valence-electron chi connectivity index (χ4n) is 2.44. The summed E-state index contributed by atoms with van der Waals surface area (Å²) in [4.78, 5) is 25.3. The smallest absolute Gasteiger partial charge is 0.195 e. The van der Waals surface area contributed by atoms with Gasteiger partial charge in [0, 0.05) is 31.2 Å². The average molecular weight is 411 g/mol. The van der Waals surface area contributed by atoms with Gasteiger partial charge in [0.2, 0.25) is 0 Å². The van der Waals surface area contributed by atoms with Crippen LogP contribution in [-0.2, 0) is 0 Å². The van der Waals surface area contributed by atoms with Gasteiger partial charge in [0.15, 0.2) is 11.6 Å². The highest BCUT2D eigenvalue weighted by Crippen LogP contribution is 2.40. The van der Waals surface area contributed by atoms with E-state index in [0.29, 0.717) is 20.1 Å². The van der Waals surface area contributed by atoms with Crippen LogP contribution >= 0.6 is 31.9 Å². The molecule has 3 rings (SSSR count). The highest BCUT2D eigenvalue weighted by molar-refractivity contribution is 9.11. The van der Waals surface area contributed by atoms with Gasteiger partial charge in [0.25, 0.3) is 0 Å². The monoisotopic (exact) mass is 409 g/mol. The zero-order valence-electron chi connectivity index (χ0n) is 10.8. The van der Waals surface area contributed by atoms with Gasteiger partial charge >= 0.3 is 0 Å². The first-order valence-electron chi connectivity index (χ1n) is 6.03. The van der Waals surface area contributed by atoms with Crippen molar-refractivity contribution in [2.45, 2.75) is 6.92 Å². The standard InChI is InChI=1S/C15H9Br2NO3/c1-5-2-8(16)11-12(13(5)17)15(21)6-3-9(18)10(19)4-7(6)14(11)20/h2-4,19H,18H2,1H3. The molecule has 21 heavy (non-hydrogen) atoms. The second kappa shape index (κ2) is 4.68. The van der Waals surface area contributed by atoms with Gasteiger partial charge in [-0.15, -0.1) is 0 Å². The molecule has 0 fully saturated rings. The Morgan fingerprint density at radius 2 is 1.57 bits per heavy atom. The summed E-state index contributed by atoms with van der Waals surface area (Å²) in [6, 6.07) is 4.36. The predicted octanol–water partition coefficient (Wildman–Crippen LogP) is 3.58. The number of carbonyl (C=O) groups is 2. The minimum Gasteiger partial charge on any atom is -0.506 e. The van der Waals surface area contributed by atoms with Crippen molar-refractivity contribution in [3.05, 3.63) is 55.0 Å². The van der Waals surface area contributed by atoms with Crippen molar-refractivity contribution in [3.8, 4) is 5.75 Å². The summed E-state index contributed by atoms with van der Waals surface area (Å²) in [5.74, 6) is -0.814. The summed E-state index contributed by atoms with van der Waals surface area (Å²) in [5, 5.41) is 9.69. The van der Waals surface area contributed by atoms with Gasteiger partial charge in [-0.3, -0.25) is 9.59 Å². The fraction of sp³-hybridized carbons (Fsp3) is 0.0667. The van der Waals surface area contributed by atoms with E-state index in [1.807, 2.05) is 6.92 Å². The third-order valence-electron chi connectivity index (χ3n) is 3.51. The molecule has 3 N–H and O–H groups in total. The Balaban J connectivity index is 2.41. The number of halogens is 2. The zero-order chi connectivity index (χ0) is 15.5. The molecule has 0 heterocycles. The number of phenolic OH excluding ortho intramolecular Hbond substituents is 1. The normalized spacial score (nSPS) is 13.1. The molecule has 0 bridgehead atoms. The summed E-state index contributed by atoms with van der Waals surface area (Å²) >= 11 is 6.72. The average Bonchev–Trinajstić information content (AvgIpc) is 2.42. The van der Waals surface area contributed by atoms with Gasteiger partial charge < -0.3 is 10.8 Å². The highest BCUT2D eigenvalue weighted by atomic mass is 79.9. The van der Waals surface area contributed by atoms with E-state index in [4.69, 9.17) is 5.73 Å². The number of benzene rings is 2. The number of ketones is 2. The number of aromatic hydroxyl groups is 1. The van der Waals surface area contributed by atoms with Gasteiger partial charge in [-0.25, -0.2) is 0 Å². The maximum Gasteiger partial charge on any atom is 0.195 e. The lowest BCUT2D eigenvalue weighted by molar-refractivity contribution is 0.0977. The maximum atomic E-state index is 12.7. The second-order valence-corrected chi connectivity index (χ2v) is 6.50. The van der Waals surface area contributed by atoms with Crippen LogP contribution in [0.25, 0.3) is 0 Å². The van der Waals surface area contributed by atoms with Crippen LogP contribution in [0.3, 0.4) is 0 Å². The minimum atomic E-state index is -0.317. The largest absolute Gasteiger partial charge is 0.506 e. The molecule has 0 aromatic heterocycles. The molecule has 2 aromatic carbocycles. The first-order valence-corrected chi connectivity index (χ1v) is 7.62. The number of nitrogens with two attached hydrogens (primary N) is 1. The van der Waals surface area contributed by atoms with Crippen LogP contribution in [0, 0.1) is 6.92 Å². The summed E-state index contributed by atoms with van der Waals surface area (Å²) in [6.07, 6.45) is 0. The fourth-order valence-corrected chi connectivity index (χ4v) is 3.65. The van der Waals surface area contributed by atoms with Crippen LogP contribution in [-0.4, -0.2) is 16.7 Å². The van der Waals surface area contributed by atoms with Crippen LogP contribution < -0.4 is 5.73 Å². The third kappa shape index (κ3) is 1.93. The Morgan fingerprint density at radius 1 is 1.00 bits per heavy atom. The number of hydrogen-bond donors (Lipinski definition) is 2. The number of fused-ring (bicyclic) bond motifs is 2. The van der Waals surface area contributed by atoms with Crippen molar-refractivity contribution in [2.75, 3.05) is 5.73 Å². The summed E-state index contributed by atoms with van der Waals surface area (Å²) in [5.41, 5.74) is 7.55. The molecular weight excluding hydrogens is 402 g/mol. The number of hydrogen-bond acceptors (Lipinski definition) is 4. The van der Waals surface area contributed by atoms with E-state index in [2.05, 4.69) is 31.9 Å². The van der Waals surface area contributed by atoms with Crippen molar-refractivity contribution in [1.29, 1.82) is 0 Å². The molecule has 106 valence electrons. The molecule has 0 spiro atoms. The van der Waals surface area contributed by atoms with Crippen molar-refractivity contribution in [2.24, 2.45) is 0 Å². The minimum absolute atomic E-state index is 0.0705. The van der Waals surface area contributed by atoms with Crippen molar-refractivity contribution in [3.63, 3.8) is 0 Å². The van der Waals surface area contributed by atoms with Crippen LogP contribution in [0.2, 0.25) is 0 Å². The molecule has 0 saturated heterocycles. The van der Waals surface area contributed by atoms with Crippen molar-refractivity contribution < 1.29 is 14.7 Å². The summed E-state index contributed by atoms with van der Waals surface area (Å²) < 4.78 is 1.15. The molecule has 0 radical (unpaired) electrons. The van der Waals surface area contributed by atoms with Gasteiger partial charge in [0.05, 0.1) is 5.69 Å². The molecule has 0 aliphatic heterocycles. The van der Waals surface area contributed by atoms with Gasteiger partial charge in [-0.1, -0.05) is 0 Å². The van der Waals surface area contributed by atoms with E-state index in [1.54, 1.807) is 6.07 Å². The second-order valence-electron chi connectivity index (χ2n) is 4.85. The Hall–Kier alpha value is -1.66. The van der Waals surface area contributed by atoms with Crippen LogP contribution in [0.5, 0.6) is 5.75 Å². The predicted molar refractivity (Wildman–Crippen MR) is 86.0 cm³/mol. The van der Waals surface area contributed by atoms with Crippen LogP contribution in [0.1, 0.15) is 37.4 Å². The van der Waals surface area contributed by atoms with Gasteiger partial charge in [-0.2, -0.15) is 0 Å². The number of nitrogen functional groups attached to an aromatic ring is 1. The van der Waals surface area contributed by atoms with E-state index in [-0.39, 0.29) is 34.1 Å². The topological polar surface area (TPSA) is 80.4 Å². The number of phenols is 1. The molecular formula is C15H9Br2NO3. The SMILES string of the molecule is Cc1cc(Br)c2c(c1Br)C(=O)c1cc(N)c(O)cc1C2=O. The Morgan fingerprint density at radius 3 is 2.24 bits per heavy atom. The zero-order valence-corrected chi connectivity index (χ0v) is 14.0. The molecule has 1 aliphatic rings. The molecule has 2 aromatic rings. The van der Waals surface area contributed by atoms with E-state index in [1.165, 1.54) is 12.1 Å². The van der Waals surface area contributed by atoms with Crippen molar-refractivity contribution in [1.82, 2.24) is 0 Å². The first-order chi connectivity index (χ1) is 9.82. The Labute approximate surface area is 137 Å². The number of rotatable bonds is 0. The van der Waals surface area contributed by atoms with E-state index >= 15 is 0 Å². The van der Waals surface area contributed by atoms with Gasteiger partial charge in [-0.05, 0) is 62.5 Å². The molecule has 0 amide bonds. The number of aryl methyl sites for hydroxylation is 1. The molecule has 0 saturated carbocycles. The lowest BCUT2D eigenvalue weighted by Crippen LogP contribution is -2.22. The Kier molecular flexibility index (Phi) is 3.18. The molecule has 4 nitrogen and oxygen atoms in total. The molecule has 0 unspecified atom stereocenters. The lowest BCUT2D eigenvalue weighted by atomic mass is 9.83. The van der Waals surface area contributed by atoms with Gasteiger partial charge in [0.1, 0.15) is 5.75 Å². The molecule has 6 heteroatoms. The third-order valence-corrected chi connectivity index (χ3v) is 5.16. The van der Waals surface area contributed by atoms with Crippen LogP contribution in [0.4, 0.5) is 5.69 Å². The Bertz CT molecular complexity index is 844. The lowest BCUT2D eigenvalue weighted by Gasteiger charge is -2.21. The number of carbonyl (C=O) groups excluding carboxylic acids is 2. The van der Waals surface area contributed by atoms with E-state index in [9.17, 15) is 14.7 Å². The van der Waals surface area contributed by atoms with Crippen LogP contribution in [0.15, 0.2) is 27.1 Å². The summed E-state index contributed by atoms with van der Waals surface area (Å²) in [7, 11) is 0. The quantitative estimate of drug-likeness (QED) is 0.438.